The van der Waals surface area contributed by atoms with Gasteiger partial charge in [-0.3, -0.25) is 4.79 Å². The number of hydrogen-bond donors (Lipinski definition) is 1. The molecule has 5 nitrogen and oxygen atoms in total. The van der Waals surface area contributed by atoms with Gasteiger partial charge in [0.2, 0.25) is 0 Å². The highest BCUT2D eigenvalue weighted by atomic mass is 16.6. The van der Waals surface area contributed by atoms with E-state index in [0.29, 0.717) is 36.9 Å². The van der Waals surface area contributed by atoms with E-state index in [4.69, 9.17) is 19.3 Å². The predicted molar refractivity (Wildman–Crippen MR) is 113 cm³/mol. The Morgan fingerprint density at radius 2 is 1.24 bits per heavy atom. The Labute approximate surface area is 176 Å². The van der Waals surface area contributed by atoms with Crippen molar-refractivity contribution in [3.8, 4) is 0 Å². The van der Waals surface area contributed by atoms with Crippen LogP contribution in [0.15, 0.2) is 12.2 Å². The highest BCUT2D eigenvalue weighted by Gasteiger charge is 2.47. The van der Waals surface area contributed by atoms with E-state index >= 15 is 0 Å². The number of rotatable bonds is 18. The van der Waals surface area contributed by atoms with Crippen LogP contribution in [0, 0.1) is 0 Å². The molecule has 0 spiro atoms. The summed E-state index contributed by atoms with van der Waals surface area (Å²) in [6.45, 7) is 2.27. The number of carboxylic acids is 1. The summed E-state index contributed by atoms with van der Waals surface area (Å²) in [5.74, 6) is -0.721. The Kier molecular flexibility index (Phi) is 9.47. The maximum Gasteiger partial charge on any atom is 0.303 e. The number of hydrogen-bond acceptors (Lipinski definition) is 4. The summed E-state index contributed by atoms with van der Waals surface area (Å²) in [5, 5.41) is 8.65. The summed E-state index contributed by atoms with van der Waals surface area (Å²) in [6, 6.07) is 0. The van der Waals surface area contributed by atoms with Crippen molar-refractivity contribution >= 4 is 5.97 Å². The van der Waals surface area contributed by atoms with Crippen molar-refractivity contribution in [1.29, 1.82) is 0 Å². The van der Waals surface area contributed by atoms with Crippen LogP contribution in [-0.4, -0.2) is 47.7 Å². The van der Waals surface area contributed by atoms with Crippen LogP contribution in [0.4, 0.5) is 0 Å². The Hall–Kier alpha value is -0.910. The van der Waals surface area contributed by atoms with Crippen molar-refractivity contribution < 1.29 is 24.1 Å². The first-order chi connectivity index (χ1) is 14.2. The molecule has 0 saturated carbocycles. The Morgan fingerprint density at radius 1 is 0.724 bits per heavy atom. The van der Waals surface area contributed by atoms with Crippen molar-refractivity contribution in [2.75, 3.05) is 0 Å². The minimum absolute atomic E-state index is 0.243. The fraction of sp³-hybridized carbons (Fsp3) is 0.875. The quantitative estimate of drug-likeness (QED) is 0.186. The number of ether oxygens (including phenoxy) is 3. The number of aliphatic carboxylic acids is 1. The third kappa shape index (κ3) is 9.18. The van der Waals surface area contributed by atoms with Crippen molar-refractivity contribution in [2.45, 2.75) is 133 Å². The Morgan fingerprint density at radius 3 is 1.97 bits per heavy atom. The van der Waals surface area contributed by atoms with Gasteiger partial charge in [0, 0.05) is 12.8 Å². The van der Waals surface area contributed by atoms with E-state index < -0.39 is 5.97 Å². The van der Waals surface area contributed by atoms with Gasteiger partial charge in [0.25, 0.3) is 0 Å². The fourth-order valence-electron chi connectivity index (χ4n) is 4.32. The van der Waals surface area contributed by atoms with E-state index in [1.807, 2.05) is 0 Å². The van der Waals surface area contributed by atoms with Gasteiger partial charge in [-0.15, -0.1) is 0 Å². The molecule has 0 aliphatic carbocycles. The van der Waals surface area contributed by atoms with Gasteiger partial charge in [-0.1, -0.05) is 64.0 Å². The van der Waals surface area contributed by atoms with Crippen molar-refractivity contribution in [2.24, 2.45) is 0 Å². The van der Waals surface area contributed by atoms with E-state index in [2.05, 4.69) is 19.1 Å². The van der Waals surface area contributed by atoms with Crippen LogP contribution in [0.5, 0.6) is 0 Å². The van der Waals surface area contributed by atoms with Crippen LogP contribution < -0.4 is 0 Å². The van der Waals surface area contributed by atoms with Crippen molar-refractivity contribution in [1.82, 2.24) is 0 Å². The summed E-state index contributed by atoms with van der Waals surface area (Å²) in [7, 11) is 0. The molecule has 0 amide bonds. The number of carboxylic acid groups (broad SMARTS) is 1. The first-order valence-electron chi connectivity index (χ1n) is 12.0. The Balaban J connectivity index is 1.11. The molecule has 3 saturated heterocycles. The molecule has 3 aliphatic rings. The van der Waals surface area contributed by atoms with Gasteiger partial charge in [0.1, 0.15) is 0 Å². The topological polar surface area (TPSA) is 74.9 Å². The van der Waals surface area contributed by atoms with Crippen LogP contribution in [-0.2, 0) is 19.0 Å². The lowest BCUT2D eigenvalue weighted by Gasteiger charge is -1.99. The fourth-order valence-corrected chi connectivity index (χ4v) is 4.32. The molecule has 3 fully saturated rings. The maximum absolute atomic E-state index is 10.5. The minimum Gasteiger partial charge on any atom is -0.481 e. The third-order valence-corrected chi connectivity index (χ3v) is 6.40. The van der Waals surface area contributed by atoms with Gasteiger partial charge < -0.3 is 19.3 Å². The smallest absolute Gasteiger partial charge is 0.303 e. The van der Waals surface area contributed by atoms with E-state index in [1.165, 1.54) is 51.4 Å². The second-order valence-corrected chi connectivity index (χ2v) is 9.01. The maximum atomic E-state index is 10.5. The molecule has 0 bridgehead atoms. The van der Waals surface area contributed by atoms with Crippen LogP contribution in [0.2, 0.25) is 0 Å². The van der Waals surface area contributed by atoms with E-state index in [9.17, 15) is 4.79 Å². The summed E-state index contributed by atoms with van der Waals surface area (Å²) < 4.78 is 17.2. The summed E-state index contributed by atoms with van der Waals surface area (Å²) in [6.07, 6.45) is 22.2. The van der Waals surface area contributed by atoms with Gasteiger partial charge in [0.05, 0.1) is 36.6 Å². The average molecular weight is 409 g/mol. The largest absolute Gasteiger partial charge is 0.481 e. The lowest BCUT2D eigenvalue weighted by molar-refractivity contribution is -0.137. The standard InChI is InChI=1S/C24H40O5/c1-2-3-4-5-6-7-8-12-20-22(28-20)17-23-21(29-23)14-10-9-13-18-19(27-18)15-11-16-24(25)26/h9-10,18-23H,2-8,11-17H2,1H3,(H,25,26). The Bertz CT molecular complexity index is 519. The molecule has 3 rings (SSSR count). The van der Waals surface area contributed by atoms with Crippen LogP contribution in [0.1, 0.15) is 96.8 Å². The number of carbonyl (C=O) groups is 1. The van der Waals surface area contributed by atoms with E-state index in [0.717, 1.165) is 25.7 Å². The van der Waals surface area contributed by atoms with Crippen molar-refractivity contribution in [3.63, 3.8) is 0 Å². The normalized spacial score (nSPS) is 32.6. The van der Waals surface area contributed by atoms with Crippen LogP contribution in [0.25, 0.3) is 0 Å². The summed E-state index contributed by atoms with van der Waals surface area (Å²) in [5.41, 5.74) is 0. The SMILES string of the molecule is CCCCCCCCCC1OC1CC1OC1CC=CCC1OC1CCCC(=O)O. The minimum atomic E-state index is -0.721. The van der Waals surface area contributed by atoms with E-state index in [1.54, 1.807) is 0 Å². The molecule has 0 aromatic rings. The third-order valence-electron chi connectivity index (χ3n) is 6.40. The predicted octanol–water partition coefficient (Wildman–Crippen LogP) is 5.41. The number of unbranched alkanes of at least 4 members (excludes halogenated alkanes) is 6. The second kappa shape index (κ2) is 12.1. The lowest BCUT2D eigenvalue weighted by atomic mass is 10.0. The van der Waals surface area contributed by atoms with Crippen LogP contribution >= 0.6 is 0 Å². The first-order valence-corrected chi connectivity index (χ1v) is 12.0. The highest BCUT2D eigenvalue weighted by Crippen LogP contribution is 2.38. The van der Waals surface area contributed by atoms with E-state index in [-0.39, 0.29) is 12.5 Å². The molecule has 3 heterocycles. The molecule has 6 atom stereocenters. The molecule has 166 valence electrons. The molecular weight excluding hydrogens is 368 g/mol. The molecule has 5 heteroatoms. The molecule has 29 heavy (non-hydrogen) atoms. The zero-order valence-corrected chi connectivity index (χ0v) is 18.1. The zero-order valence-electron chi connectivity index (χ0n) is 18.1. The van der Waals surface area contributed by atoms with Gasteiger partial charge in [0.15, 0.2) is 0 Å². The average Bonchev–Trinajstić information content (AvgIpc) is 3.59. The second-order valence-electron chi connectivity index (χ2n) is 9.01. The monoisotopic (exact) mass is 408 g/mol. The number of epoxide rings is 3. The first kappa shape index (κ1) is 22.8. The van der Waals surface area contributed by atoms with Crippen molar-refractivity contribution in [3.05, 3.63) is 12.2 Å². The molecular formula is C24H40O5. The summed E-state index contributed by atoms with van der Waals surface area (Å²) >= 11 is 0. The molecule has 0 aromatic heterocycles. The molecule has 1 N–H and O–H groups in total. The molecule has 3 aliphatic heterocycles. The van der Waals surface area contributed by atoms with Gasteiger partial charge in [-0.25, -0.2) is 0 Å². The van der Waals surface area contributed by atoms with Gasteiger partial charge in [-0.2, -0.15) is 0 Å². The summed E-state index contributed by atoms with van der Waals surface area (Å²) in [4.78, 5) is 10.5. The van der Waals surface area contributed by atoms with Gasteiger partial charge >= 0.3 is 5.97 Å². The zero-order chi connectivity index (χ0) is 20.5. The molecule has 6 unspecified atom stereocenters. The molecule has 0 radical (unpaired) electrons. The molecule has 0 aromatic carbocycles. The van der Waals surface area contributed by atoms with Gasteiger partial charge in [-0.05, 0) is 32.1 Å². The lowest BCUT2D eigenvalue weighted by Crippen LogP contribution is -2.01. The highest BCUT2D eigenvalue weighted by molar-refractivity contribution is 5.66. The van der Waals surface area contributed by atoms with Crippen LogP contribution in [0.3, 0.4) is 0 Å².